The zero-order chi connectivity index (χ0) is 15.6. The molecule has 21 heavy (non-hydrogen) atoms. The molecule has 0 aliphatic carbocycles. The lowest BCUT2D eigenvalue weighted by Gasteiger charge is -2.37. The van der Waals surface area contributed by atoms with Gasteiger partial charge in [-0.2, -0.15) is 0 Å². The summed E-state index contributed by atoms with van der Waals surface area (Å²) in [4.78, 5) is 26.7. The van der Waals surface area contributed by atoms with Gasteiger partial charge in [0.1, 0.15) is 5.82 Å². The molecule has 7 heteroatoms. The van der Waals surface area contributed by atoms with Crippen LogP contribution in [-0.2, 0) is 0 Å². The number of halogens is 1. The number of likely N-dealkylation sites (N-methyl/N-ethyl adjacent to an activating group) is 1. The third kappa shape index (κ3) is 3.49. The van der Waals surface area contributed by atoms with E-state index in [1.807, 2.05) is 14.0 Å². The first-order valence-corrected chi connectivity index (χ1v) is 6.67. The highest BCUT2D eigenvalue weighted by atomic mass is 19.1. The third-order valence-corrected chi connectivity index (χ3v) is 3.70. The summed E-state index contributed by atoms with van der Waals surface area (Å²) in [5.41, 5.74) is -0.190. The van der Waals surface area contributed by atoms with Crippen LogP contribution in [0.1, 0.15) is 17.3 Å². The van der Waals surface area contributed by atoms with Crippen molar-refractivity contribution >= 4 is 17.7 Å². The number of nitrogens with zero attached hydrogens (tertiary/aromatic N) is 2. The summed E-state index contributed by atoms with van der Waals surface area (Å²) in [5.74, 6) is -1.82. The van der Waals surface area contributed by atoms with Crippen LogP contribution < -0.4 is 5.32 Å². The van der Waals surface area contributed by atoms with Crippen LogP contribution in [0, 0.1) is 5.82 Å². The molecule has 6 nitrogen and oxygen atoms in total. The Morgan fingerprint density at radius 1 is 1.38 bits per heavy atom. The van der Waals surface area contributed by atoms with Gasteiger partial charge in [0, 0.05) is 25.7 Å². The Balaban J connectivity index is 2.09. The summed E-state index contributed by atoms with van der Waals surface area (Å²) in [6, 6.07) is 3.11. The second kappa shape index (κ2) is 6.09. The summed E-state index contributed by atoms with van der Waals surface area (Å²) in [7, 11) is 1.98. The van der Waals surface area contributed by atoms with Crippen LogP contribution in [-0.4, -0.2) is 59.6 Å². The molecule has 1 saturated heterocycles. The molecule has 1 atom stereocenters. The predicted molar refractivity (Wildman–Crippen MR) is 76.0 cm³/mol. The summed E-state index contributed by atoms with van der Waals surface area (Å²) in [5, 5.41) is 11.3. The number of carboxylic acids is 1. The summed E-state index contributed by atoms with van der Waals surface area (Å²) in [6.07, 6.45) is 0. The highest BCUT2D eigenvalue weighted by molar-refractivity contribution is 5.93. The minimum absolute atomic E-state index is 0.0709. The highest BCUT2D eigenvalue weighted by Gasteiger charge is 2.24. The minimum Gasteiger partial charge on any atom is -0.478 e. The molecular formula is C14H18FN3O3. The van der Waals surface area contributed by atoms with Crippen molar-refractivity contribution in [1.82, 2.24) is 9.80 Å². The Kier molecular flexibility index (Phi) is 4.42. The lowest BCUT2D eigenvalue weighted by atomic mass is 10.2. The van der Waals surface area contributed by atoms with Crippen LogP contribution in [0.5, 0.6) is 0 Å². The fourth-order valence-electron chi connectivity index (χ4n) is 2.18. The second-order valence-electron chi connectivity index (χ2n) is 5.21. The number of anilines is 1. The Bertz CT molecular complexity index is 564. The molecule has 1 fully saturated rings. The first-order chi connectivity index (χ1) is 9.88. The van der Waals surface area contributed by atoms with Crippen molar-refractivity contribution < 1.29 is 19.1 Å². The van der Waals surface area contributed by atoms with Crippen LogP contribution in [0.4, 0.5) is 14.9 Å². The number of hydrogen-bond donors (Lipinski definition) is 2. The van der Waals surface area contributed by atoms with E-state index in [9.17, 15) is 14.0 Å². The van der Waals surface area contributed by atoms with Gasteiger partial charge < -0.3 is 20.2 Å². The van der Waals surface area contributed by atoms with Gasteiger partial charge >= 0.3 is 12.0 Å². The average Bonchev–Trinajstić information content (AvgIpc) is 2.43. The predicted octanol–water partition coefficient (Wildman–Crippen LogP) is 1.69. The topological polar surface area (TPSA) is 72.9 Å². The van der Waals surface area contributed by atoms with E-state index in [-0.39, 0.29) is 17.3 Å². The zero-order valence-electron chi connectivity index (χ0n) is 12.0. The second-order valence-corrected chi connectivity index (χ2v) is 5.21. The van der Waals surface area contributed by atoms with Crippen LogP contribution in [0.25, 0.3) is 0 Å². The average molecular weight is 295 g/mol. The summed E-state index contributed by atoms with van der Waals surface area (Å²) in [6.45, 7) is 3.84. The molecule has 2 N–H and O–H groups in total. The lowest BCUT2D eigenvalue weighted by molar-refractivity contribution is 0.0697. The van der Waals surface area contributed by atoms with Gasteiger partial charge in [0.05, 0.1) is 11.3 Å². The summed E-state index contributed by atoms with van der Waals surface area (Å²) < 4.78 is 13.7. The molecule has 1 heterocycles. The Morgan fingerprint density at radius 2 is 2.10 bits per heavy atom. The SMILES string of the molecule is CC1CN(C(=O)Nc2cc(C(=O)O)ccc2F)CCN1C. The number of carbonyl (C=O) groups excluding carboxylic acids is 1. The maximum absolute atomic E-state index is 13.7. The van der Waals surface area contributed by atoms with Crippen LogP contribution in [0.2, 0.25) is 0 Å². The highest BCUT2D eigenvalue weighted by Crippen LogP contribution is 2.17. The molecule has 1 aromatic carbocycles. The Morgan fingerprint density at radius 3 is 2.71 bits per heavy atom. The molecule has 0 aromatic heterocycles. The molecule has 114 valence electrons. The first kappa shape index (κ1) is 15.2. The van der Waals surface area contributed by atoms with Gasteiger partial charge in [-0.1, -0.05) is 0 Å². The van der Waals surface area contributed by atoms with Crippen molar-refractivity contribution in [2.45, 2.75) is 13.0 Å². The van der Waals surface area contributed by atoms with E-state index in [0.29, 0.717) is 13.1 Å². The molecule has 0 saturated carbocycles. The third-order valence-electron chi connectivity index (χ3n) is 3.70. The number of piperazine rings is 1. The Labute approximate surface area is 122 Å². The molecule has 1 aliphatic heterocycles. The minimum atomic E-state index is -1.17. The molecule has 0 bridgehead atoms. The van der Waals surface area contributed by atoms with Crippen LogP contribution >= 0.6 is 0 Å². The fourth-order valence-corrected chi connectivity index (χ4v) is 2.18. The van der Waals surface area contributed by atoms with Crippen molar-refractivity contribution in [2.75, 3.05) is 32.0 Å². The summed E-state index contributed by atoms with van der Waals surface area (Å²) >= 11 is 0. The molecule has 1 unspecified atom stereocenters. The van der Waals surface area contributed by atoms with E-state index in [4.69, 9.17) is 5.11 Å². The van der Waals surface area contributed by atoms with Gasteiger partial charge in [-0.05, 0) is 32.2 Å². The van der Waals surface area contributed by atoms with Gasteiger partial charge in [0.2, 0.25) is 0 Å². The van der Waals surface area contributed by atoms with Crippen molar-refractivity contribution in [1.29, 1.82) is 0 Å². The first-order valence-electron chi connectivity index (χ1n) is 6.67. The molecule has 1 aromatic rings. The van der Waals surface area contributed by atoms with Crippen LogP contribution in [0.15, 0.2) is 18.2 Å². The van der Waals surface area contributed by atoms with Crippen molar-refractivity contribution in [3.05, 3.63) is 29.6 Å². The van der Waals surface area contributed by atoms with E-state index in [2.05, 4.69) is 10.2 Å². The number of carbonyl (C=O) groups is 2. The van der Waals surface area contributed by atoms with Gasteiger partial charge in [0.25, 0.3) is 0 Å². The van der Waals surface area contributed by atoms with E-state index in [1.165, 1.54) is 0 Å². The van der Waals surface area contributed by atoms with E-state index in [1.54, 1.807) is 4.90 Å². The molecule has 2 amide bonds. The van der Waals surface area contributed by atoms with E-state index < -0.39 is 17.8 Å². The maximum atomic E-state index is 13.7. The largest absolute Gasteiger partial charge is 0.478 e. The van der Waals surface area contributed by atoms with Crippen LogP contribution in [0.3, 0.4) is 0 Å². The smallest absolute Gasteiger partial charge is 0.335 e. The fraction of sp³-hybridized carbons (Fsp3) is 0.429. The standard InChI is InChI=1S/C14H18FN3O3/c1-9-8-18(6-5-17(9)2)14(21)16-12-7-10(13(19)20)3-4-11(12)15/h3-4,7,9H,5-6,8H2,1-2H3,(H,16,21)(H,19,20). The van der Waals surface area contributed by atoms with Gasteiger partial charge in [0.15, 0.2) is 0 Å². The molecular weight excluding hydrogens is 277 g/mol. The number of aromatic carboxylic acids is 1. The number of carboxylic acid groups (broad SMARTS) is 1. The zero-order valence-corrected chi connectivity index (χ0v) is 12.0. The number of nitrogens with one attached hydrogen (secondary N) is 1. The number of amides is 2. The molecule has 0 radical (unpaired) electrons. The van der Waals surface area contributed by atoms with Gasteiger partial charge in [-0.25, -0.2) is 14.0 Å². The normalized spacial score (nSPS) is 19.4. The molecule has 2 rings (SSSR count). The molecule has 1 aliphatic rings. The number of urea groups is 1. The quantitative estimate of drug-likeness (QED) is 0.871. The molecule has 0 spiro atoms. The van der Waals surface area contributed by atoms with Crippen molar-refractivity contribution in [3.63, 3.8) is 0 Å². The lowest BCUT2D eigenvalue weighted by Crippen LogP contribution is -2.53. The maximum Gasteiger partial charge on any atom is 0.335 e. The number of benzene rings is 1. The van der Waals surface area contributed by atoms with Crippen molar-refractivity contribution in [2.24, 2.45) is 0 Å². The van der Waals surface area contributed by atoms with Crippen molar-refractivity contribution in [3.8, 4) is 0 Å². The number of rotatable bonds is 2. The Hall–Kier alpha value is -2.15. The van der Waals surface area contributed by atoms with E-state index >= 15 is 0 Å². The van der Waals surface area contributed by atoms with E-state index in [0.717, 1.165) is 24.7 Å². The number of hydrogen-bond acceptors (Lipinski definition) is 3. The van der Waals surface area contributed by atoms with Gasteiger partial charge in [-0.3, -0.25) is 0 Å². The van der Waals surface area contributed by atoms with Gasteiger partial charge in [-0.15, -0.1) is 0 Å². The monoisotopic (exact) mass is 295 g/mol.